The minimum Gasteiger partial charge on any atom is -0.497 e. The molecule has 1 amide bonds. The zero-order valence-electron chi connectivity index (χ0n) is 23.8. The summed E-state index contributed by atoms with van der Waals surface area (Å²) in [5.41, 5.74) is 3.81. The van der Waals surface area contributed by atoms with Gasteiger partial charge in [-0.15, -0.1) is 10.2 Å². The molecule has 13 heteroatoms. The summed E-state index contributed by atoms with van der Waals surface area (Å²) in [6.07, 6.45) is 0. The Bertz CT molecular complexity index is 1940. The number of sulfonamides is 1. The number of amides is 1. The predicted octanol–water partition coefficient (Wildman–Crippen LogP) is 6.38. The molecule has 0 aliphatic rings. The molecule has 2 heterocycles. The first-order valence-electron chi connectivity index (χ1n) is 13.2. The van der Waals surface area contributed by atoms with E-state index in [1.807, 2.05) is 60.7 Å². The number of carbonyl (C=O) groups excluding carboxylic acids is 1. The van der Waals surface area contributed by atoms with Gasteiger partial charge < -0.3 is 10.1 Å². The molecule has 0 bridgehead atoms. The standard InChI is InChI=1S/C31H26N6O4S3/c1-19(29(38)33-23-11-15-25(16-12-23)44(39,40)37-31-36-35-20(2)43-31)42-30-27(18-32)26(21-9-13-24(41-3)14-10-21)17-28(34-30)22-7-5-4-6-8-22/h4-17,19H,1-3H3,(H,33,38)(H,36,37). The van der Waals surface area contributed by atoms with Crippen molar-refractivity contribution < 1.29 is 17.9 Å². The fourth-order valence-corrected chi connectivity index (χ4v) is 6.91. The summed E-state index contributed by atoms with van der Waals surface area (Å²) in [6, 6.07) is 27.0. The normalized spacial score (nSPS) is 11.8. The molecule has 10 nitrogen and oxygen atoms in total. The lowest BCUT2D eigenvalue weighted by Crippen LogP contribution is -2.22. The number of aromatic nitrogens is 3. The summed E-state index contributed by atoms with van der Waals surface area (Å²) in [7, 11) is -2.28. The van der Waals surface area contributed by atoms with Crippen LogP contribution in [0.15, 0.2) is 94.9 Å². The third-order valence-corrected chi connectivity index (χ3v) is 9.73. The maximum atomic E-state index is 13.2. The van der Waals surface area contributed by atoms with E-state index in [0.717, 1.165) is 22.5 Å². The van der Waals surface area contributed by atoms with Gasteiger partial charge >= 0.3 is 0 Å². The number of rotatable bonds is 10. The van der Waals surface area contributed by atoms with Gasteiger partial charge in [0, 0.05) is 16.8 Å². The highest BCUT2D eigenvalue weighted by molar-refractivity contribution is 8.00. The van der Waals surface area contributed by atoms with Gasteiger partial charge in [-0.25, -0.2) is 13.4 Å². The van der Waals surface area contributed by atoms with E-state index >= 15 is 0 Å². The predicted molar refractivity (Wildman–Crippen MR) is 172 cm³/mol. The highest BCUT2D eigenvalue weighted by Crippen LogP contribution is 2.36. The van der Waals surface area contributed by atoms with Crippen LogP contribution in [0.1, 0.15) is 17.5 Å². The first-order valence-corrected chi connectivity index (χ1v) is 16.4. The van der Waals surface area contributed by atoms with Gasteiger partial charge in [0.1, 0.15) is 21.9 Å². The van der Waals surface area contributed by atoms with Crippen molar-refractivity contribution in [1.82, 2.24) is 15.2 Å². The molecule has 5 aromatic rings. The number of ether oxygens (including phenoxy) is 1. The zero-order valence-corrected chi connectivity index (χ0v) is 26.3. The summed E-state index contributed by atoms with van der Waals surface area (Å²) in [4.78, 5) is 18.0. The topological polar surface area (TPSA) is 147 Å². The van der Waals surface area contributed by atoms with E-state index in [2.05, 4.69) is 26.3 Å². The second kappa shape index (κ2) is 13.3. The van der Waals surface area contributed by atoms with E-state index in [0.29, 0.717) is 38.3 Å². The molecule has 2 N–H and O–H groups in total. The van der Waals surface area contributed by atoms with Gasteiger partial charge in [-0.3, -0.25) is 9.52 Å². The number of benzene rings is 3. The van der Waals surface area contributed by atoms with Gasteiger partial charge in [0.25, 0.3) is 10.0 Å². The molecule has 1 atom stereocenters. The Morgan fingerprint density at radius 1 is 1.00 bits per heavy atom. The van der Waals surface area contributed by atoms with Crippen molar-refractivity contribution in [1.29, 1.82) is 5.26 Å². The molecule has 1 unspecified atom stereocenters. The average molecular weight is 643 g/mol. The Kier molecular flexibility index (Phi) is 9.24. The Hall–Kier alpha value is -4.77. The number of nitriles is 1. The van der Waals surface area contributed by atoms with Crippen molar-refractivity contribution in [2.45, 2.75) is 29.0 Å². The van der Waals surface area contributed by atoms with E-state index in [9.17, 15) is 18.5 Å². The summed E-state index contributed by atoms with van der Waals surface area (Å²) in [5.74, 6) is 0.355. The van der Waals surface area contributed by atoms with E-state index in [-0.39, 0.29) is 15.9 Å². The Morgan fingerprint density at radius 3 is 2.32 bits per heavy atom. The zero-order chi connectivity index (χ0) is 31.3. The largest absolute Gasteiger partial charge is 0.497 e. The summed E-state index contributed by atoms with van der Waals surface area (Å²) < 4.78 is 33.1. The summed E-state index contributed by atoms with van der Waals surface area (Å²) in [5, 5.41) is 21.2. The molecule has 0 spiro atoms. The Morgan fingerprint density at radius 2 is 1.70 bits per heavy atom. The molecule has 2 aromatic heterocycles. The number of thioether (sulfide) groups is 1. The summed E-state index contributed by atoms with van der Waals surface area (Å²) in [6.45, 7) is 3.45. The minimum atomic E-state index is -3.87. The molecule has 0 aliphatic heterocycles. The van der Waals surface area contributed by atoms with Crippen LogP contribution < -0.4 is 14.8 Å². The maximum absolute atomic E-state index is 13.2. The van der Waals surface area contributed by atoms with E-state index < -0.39 is 15.3 Å². The number of methoxy groups -OCH3 is 1. The van der Waals surface area contributed by atoms with Gasteiger partial charge in [0.2, 0.25) is 11.0 Å². The number of aryl methyl sites for hydroxylation is 1. The van der Waals surface area contributed by atoms with Crippen LogP contribution in [0.4, 0.5) is 10.8 Å². The van der Waals surface area contributed by atoms with Crippen molar-refractivity contribution in [2.75, 3.05) is 17.1 Å². The smallest absolute Gasteiger partial charge is 0.263 e. The minimum absolute atomic E-state index is 0.0115. The molecule has 0 saturated carbocycles. The van der Waals surface area contributed by atoms with Crippen molar-refractivity contribution >= 4 is 49.8 Å². The third-order valence-electron chi connectivity index (χ3n) is 6.41. The van der Waals surface area contributed by atoms with Gasteiger partial charge in [-0.05, 0) is 61.9 Å². The van der Waals surface area contributed by atoms with Crippen LogP contribution >= 0.6 is 23.1 Å². The lowest BCUT2D eigenvalue weighted by Gasteiger charge is -2.16. The van der Waals surface area contributed by atoms with Gasteiger partial charge in [-0.1, -0.05) is 65.6 Å². The van der Waals surface area contributed by atoms with Crippen LogP contribution in [0.5, 0.6) is 5.75 Å². The van der Waals surface area contributed by atoms with Crippen molar-refractivity contribution in [2.24, 2.45) is 0 Å². The Balaban J connectivity index is 1.37. The summed E-state index contributed by atoms with van der Waals surface area (Å²) >= 11 is 2.30. The first kappa shape index (κ1) is 30.7. The van der Waals surface area contributed by atoms with Crippen molar-refractivity contribution in [3.63, 3.8) is 0 Å². The van der Waals surface area contributed by atoms with Crippen LogP contribution in [0.25, 0.3) is 22.4 Å². The second-order valence-corrected chi connectivity index (χ2v) is 13.6. The quantitative estimate of drug-likeness (QED) is 0.166. The van der Waals surface area contributed by atoms with Gasteiger partial charge in [0.15, 0.2) is 0 Å². The molecule has 0 radical (unpaired) electrons. The number of hydrogen-bond donors (Lipinski definition) is 2. The third kappa shape index (κ3) is 7.05. The molecule has 5 rings (SSSR count). The highest BCUT2D eigenvalue weighted by atomic mass is 32.2. The molecule has 44 heavy (non-hydrogen) atoms. The van der Waals surface area contributed by atoms with E-state index in [1.165, 1.54) is 36.0 Å². The lowest BCUT2D eigenvalue weighted by atomic mass is 9.99. The molecular weight excluding hydrogens is 617 g/mol. The molecule has 3 aromatic carbocycles. The first-order chi connectivity index (χ1) is 21.2. The number of nitrogens with one attached hydrogen (secondary N) is 2. The number of pyridine rings is 1. The Labute approximate surface area is 263 Å². The molecule has 222 valence electrons. The molecule has 0 aliphatic carbocycles. The van der Waals surface area contributed by atoms with Crippen LogP contribution in [-0.4, -0.2) is 41.9 Å². The van der Waals surface area contributed by atoms with Gasteiger partial charge in [-0.2, -0.15) is 5.26 Å². The second-order valence-electron chi connectivity index (χ2n) is 9.45. The van der Waals surface area contributed by atoms with Gasteiger partial charge in [0.05, 0.1) is 28.5 Å². The molecular formula is C31H26N6O4S3. The van der Waals surface area contributed by atoms with Crippen LogP contribution in [0, 0.1) is 18.3 Å². The van der Waals surface area contributed by atoms with Crippen LogP contribution in [0.2, 0.25) is 0 Å². The monoisotopic (exact) mass is 642 g/mol. The number of anilines is 2. The average Bonchev–Trinajstić information content (AvgIpc) is 3.44. The van der Waals surface area contributed by atoms with Crippen LogP contribution in [-0.2, 0) is 14.8 Å². The molecule has 0 fully saturated rings. The lowest BCUT2D eigenvalue weighted by molar-refractivity contribution is -0.115. The number of carbonyl (C=O) groups is 1. The van der Waals surface area contributed by atoms with E-state index in [4.69, 9.17) is 9.72 Å². The van der Waals surface area contributed by atoms with Crippen molar-refractivity contribution in [3.05, 3.63) is 95.5 Å². The number of hydrogen-bond acceptors (Lipinski definition) is 10. The van der Waals surface area contributed by atoms with E-state index in [1.54, 1.807) is 21.0 Å². The fourth-order valence-electron chi connectivity index (χ4n) is 4.16. The fraction of sp³-hybridized carbons (Fsp3) is 0.129. The maximum Gasteiger partial charge on any atom is 0.263 e. The SMILES string of the molecule is COc1ccc(-c2cc(-c3ccccc3)nc(SC(C)C(=O)Nc3ccc(S(=O)(=O)Nc4nnc(C)s4)cc3)c2C#N)cc1. The molecule has 0 saturated heterocycles. The van der Waals surface area contributed by atoms with Crippen LogP contribution in [0.3, 0.4) is 0 Å². The highest BCUT2D eigenvalue weighted by Gasteiger charge is 2.22. The number of nitrogens with zero attached hydrogens (tertiary/aromatic N) is 4. The van der Waals surface area contributed by atoms with Crippen molar-refractivity contribution in [3.8, 4) is 34.2 Å².